The topological polar surface area (TPSA) is 21.3 Å². The van der Waals surface area contributed by atoms with E-state index in [4.69, 9.17) is 4.74 Å². The molecule has 0 aromatic carbocycles. The van der Waals surface area contributed by atoms with Gasteiger partial charge in [-0.05, 0) is 32.6 Å². The van der Waals surface area contributed by atoms with Crippen molar-refractivity contribution in [3.8, 4) is 0 Å². The molecule has 0 amide bonds. The molecule has 0 aromatic heterocycles. The van der Waals surface area contributed by atoms with E-state index >= 15 is 0 Å². The zero-order chi connectivity index (χ0) is 9.73. The Labute approximate surface area is 82.0 Å². The van der Waals surface area contributed by atoms with Crippen molar-refractivity contribution in [2.75, 3.05) is 13.2 Å². The van der Waals surface area contributed by atoms with Crippen LogP contribution in [0.2, 0.25) is 0 Å². The molecule has 2 heteroatoms. The Hall–Kier alpha value is -0.0800. The van der Waals surface area contributed by atoms with E-state index in [1.54, 1.807) is 0 Å². The molecule has 0 bridgehead atoms. The van der Waals surface area contributed by atoms with Crippen molar-refractivity contribution < 1.29 is 4.74 Å². The van der Waals surface area contributed by atoms with Crippen LogP contribution in [0.3, 0.4) is 0 Å². The van der Waals surface area contributed by atoms with Crippen LogP contribution in [0.1, 0.15) is 46.5 Å². The van der Waals surface area contributed by atoms with Crippen LogP contribution in [-0.4, -0.2) is 24.8 Å². The lowest BCUT2D eigenvalue weighted by atomic mass is 9.93. The van der Waals surface area contributed by atoms with E-state index in [0.29, 0.717) is 11.6 Å². The summed E-state index contributed by atoms with van der Waals surface area (Å²) in [5.41, 5.74) is 0.311. The van der Waals surface area contributed by atoms with Gasteiger partial charge in [-0.15, -0.1) is 0 Å². The molecule has 0 aliphatic carbocycles. The van der Waals surface area contributed by atoms with Crippen molar-refractivity contribution in [3.63, 3.8) is 0 Å². The maximum absolute atomic E-state index is 5.45. The number of rotatable bonds is 4. The molecule has 2 nitrogen and oxygen atoms in total. The summed E-state index contributed by atoms with van der Waals surface area (Å²) in [7, 11) is 0. The molecule has 1 aliphatic heterocycles. The second-order valence-corrected chi connectivity index (χ2v) is 4.33. The Morgan fingerprint density at radius 1 is 1.38 bits per heavy atom. The third-order valence-corrected chi connectivity index (χ3v) is 3.27. The van der Waals surface area contributed by atoms with E-state index in [1.807, 2.05) is 0 Å². The lowest BCUT2D eigenvalue weighted by Gasteiger charge is -2.35. The first-order valence-electron chi connectivity index (χ1n) is 5.55. The molecule has 1 atom stereocenters. The van der Waals surface area contributed by atoms with Gasteiger partial charge in [-0.1, -0.05) is 13.8 Å². The van der Waals surface area contributed by atoms with E-state index < -0.39 is 0 Å². The zero-order valence-electron chi connectivity index (χ0n) is 9.23. The molecule has 1 saturated heterocycles. The summed E-state index contributed by atoms with van der Waals surface area (Å²) in [6.45, 7) is 8.66. The van der Waals surface area contributed by atoms with Crippen molar-refractivity contribution in [3.05, 3.63) is 0 Å². The maximum atomic E-state index is 5.45. The lowest BCUT2D eigenvalue weighted by molar-refractivity contribution is 0.0577. The van der Waals surface area contributed by atoms with Crippen LogP contribution in [0.5, 0.6) is 0 Å². The molecule has 0 radical (unpaired) electrons. The average Bonchev–Trinajstić information content (AvgIpc) is 2.19. The molecule has 0 spiro atoms. The van der Waals surface area contributed by atoms with Gasteiger partial charge in [0.15, 0.2) is 0 Å². The largest absolute Gasteiger partial charge is 0.380 e. The predicted octanol–water partition coefficient (Wildman–Crippen LogP) is 2.33. The van der Waals surface area contributed by atoms with Gasteiger partial charge in [-0.25, -0.2) is 0 Å². The van der Waals surface area contributed by atoms with Crippen molar-refractivity contribution in [2.45, 2.75) is 58.0 Å². The summed E-state index contributed by atoms with van der Waals surface area (Å²) in [6, 6.07) is 0.582. The van der Waals surface area contributed by atoms with Gasteiger partial charge >= 0.3 is 0 Å². The van der Waals surface area contributed by atoms with Crippen molar-refractivity contribution in [1.82, 2.24) is 5.32 Å². The molecule has 0 aromatic rings. The predicted molar refractivity (Wildman–Crippen MR) is 56.0 cm³/mol. The normalized spacial score (nSPS) is 24.7. The molecular formula is C11H23NO. The summed E-state index contributed by atoms with van der Waals surface area (Å²) in [5, 5.41) is 3.71. The molecule has 1 fully saturated rings. The van der Waals surface area contributed by atoms with E-state index in [0.717, 1.165) is 13.2 Å². The summed E-state index contributed by atoms with van der Waals surface area (Å²) in [4.78, 5) is 0. The van der Waals surface area contributed by atoms with Gasteiger partial charge in [-0.3, -0.25) is 0 Å². The third kappa shape index (κ3) is 3.28. The summed E-state index contributed by atoms with van der Waals surface area (Å²) in [5.74, 6) is 0. The zero-order valence-corrected chi connectivity index (χ0v) is 9.23. The van der Waals surface area contributed by atoms with Crippen LogP contribution >= 0.6 is 0 Å². The highest BCUT2D eigenvalue weighted by molar-refractivity contribution is 4.85. The summed E-state index contributed by atoms with van der Waals surface area (Å²) < 4.78 is 5.45. The highest BCUT2D eigenvalue weighted by Crippen LogP contribution is 2.17. The van der Waals surface area contributed by atoms with Gasteiger partial charge in [0.2, 0.25) is 0 Å². The molecule has 78 valence electrons. The van der Waals surface area contributed by atoms with Gasteiger partial charge in [0.1, 0.15) is 0 Å². The van der Waals surface area contributed by atoms with Crippen molar-refractivity contribution >= 4 is 0 Å². The Morgan fingerprint density at radius 3 is 2.54 bits per heavy atom. The number of ether oxygens (including phenoxy) is 1. The van der Waals surface area contributed by atoms with Crippen LogP contribution in [0.4, 0.5) is 0 Å². The quantitative estimate of drug-likeness (QED) is 0.726. The highest BCUT2D eigenvalue weighted by Gasteiger charge is 2.24. The van der Waals surface area contributed by atoms with Crippen LogP contribution in [0, 0.1) is 0 Å². The van der Waals surface area contributed by atoms with Crippen LogP contribution < -0.4 is 5.32 Å². The van der Waals surface area contributed by atoms with Crippen LogP contribution in [0.25, 0.3) is 0 Å². The molecular weight excluding hydrogens is 162 g/mol. The first-order chi connectivity index (χ1) is 6.20. The number of hydrogen-bond donors (Lipinski definition) is 1. The minimum absolute atomic E-state index is 0.311. The van der Waals surface area contributed by atoms with E-state index in [2.05, 4.69) is 26.1 Å². The van der Waals surface area contributed by atoms with Gasteiger partial charge in [0, 0.05) is 18.2 Å². The highest BCUT2D eigenvalue weighted by atomic mass is 16.5. The van der Waals surface area contributed by atoms with E-state index in [-0.39, 0.29) is 0 Å². The Bertz CT molecular complexity index is 137. The van der Waals surface area contributed by atoms with Crippen LogP contribution in [0.15, 0.2) is 0 Å². The molecule has 1 rings (SSSR count). The molecule has 1 N–H and O–H groups in total. The van der Waals surface area contributed by atoms with Crippen molar-refractivity contribution in [2.24, 2.45) is 0 Å². The molecule has 1 heterocycles. The lowest BCUT2D eigenvalue weighted by Crippen LogP contribution is -2.50. The maximum Gasteiger partial charge on any atom is 0.0619 e. The number of nitrogens with one attached hydrogen (secondary N) is 1. The fourth-order valence-electron chi connectivity index (χ4n) is 1.80. The molecule has 13 heavy (non-hydrogen) atoms. The third-order valence-electron chi connectivity index (χ3n) is 3.27. The molecule has 1 aliphatic rings. The van der Waals surface area contributed by atoms with E-state index in [9.17, 15) is 0 Å². The first-order valence-corrected chi connectivity index (χ1v) is 5.55. The minimum atomic E-state index is 0.311. The Kier molecular flexibility index (Phi) is 4.20. The Morgan fingerprint density at radius 2 is 2.08 bits per heavy atom. The monoisotopic (exact) mass is 185 g/mol. The van der Waals surface area contributed by atoms with Gasteiger partial charge in [-0.2, -0.15) is 0 Å². The summed E-state index contributed by atoms with van der Waals surface area (Å²) >= 11 is 0. The summed E-state index contributed by atoms with van der Waals surface area (Å²) in [6.07, 6.45) is 4.87. The molecule has 1 unspecified atom stereocenters. The number of hydrogen-bond acceptors (Lipinski definition) is 2. The SMILES string of the molecule is CCC(C)(CC)NC1CCCOC1. The fourth-order valence-corrected chi connectivity index (χ4v) is 1.80. The molecule has 0 saturated carbocycles. The average molecular weight is 185 g/mol. The van der Waals surface area contributed by atoms with Gasteiger partial charge < -0.3 is 10.1 Å². The minimum Gasteiger partial charge on any atom is -0.380 e. The second kappa shape index (κ2) is 4.97. The first kappa shape index (κ1) is 11.0. The fraction of sp³-hybridized carbons (Fsp3) is 1.00. The van der Waals surface area contributed by atoms with E-state index in [1.165, 1.54) is 25.7 Å². The second-order valence-electron chi connectivity index (χ2n) is 4.33. The Balaban J connectivity index is 2.35. The van der Waals surface area contributed by atoms with Gasteiger partial charge in [0.25, 0.3) is 0 Å². The van der Waals surface area contributed by atoms with Crippen molar-refractivity contribution in [1.29, 1.82) is 0 Å². The smallest absolute Gasteiger partial charge is 0.0619 e. The van der Waals surface area contributed by atoms with Gasteiger partial charge in [0.05, 0.1) is 6.61 Å². The van der Waals surface area contributed by atoms with Crippen LogP contribution in [-0.2, 0) is 4.74 Å². The standard InChI is InChI=1S/C11H23NO/c1-4-11(3,5-2)12-10-7-6-8-13-9-10/h10,12H,4-9H2,1-3H3.